The van der Waals surface area contributed by atoms with Crippen molar-refractivity contribution < 1.29 is 27.4 Å². The Balaban J connectivity index is 1.41. The van der Waals surface area contributed by atoms with Crippen LogP contribution in [0.5, 0.6) is 23.0 Å². The molecule has 0 N–H and O–H groups in total. The summed E-state index contributed by atoms with van der Waals surface area (Å²) in [7, 11) is -0.913. The van der Waals surface area contributed by atoms with E-state index in [2.05, 4.69) is 0 Å². The average Bonchev–Trinajstić information content (AvgIpc) is 2.89. The van der Waals surface area contributed by atoms with Crippen LogP contribution < -0.4 is 14.2 Å². The highest BCUT2D eigenvalue weighted by atomic mass is 32.2. The number of amides is 1. The van der Waals surface area contributed by atoms with E-state index in [0.717, 1.165) is 0 Å². The fourth-order valence-corrected chi connectivity index (χ4v) is 5.32. The Labute approximate surface area is 199 Å². The van der Waals surface area contributed by atoms with Gasteiger partial charge >= 0.3 is 0 Å². The van der Waals surface area contributed by atoms with Gasteiger partial charge < -0.3 is 19.1 Å². The van der Waals surface area contributed by atoms with Crippen LogP contribution in [-0.4, -0.2) is 63.9 Å². The second-order valence-electron chi connectivity index (χ2n) is 7.65. The summed E-state index contributed by atoms with van der Waals surface area (Å²) in [5.74, 6) is 1.87. The number of hydrogen-bond acceptors (Lipinski definition) is 6. The summed E-state index contributed by atoms with van der Waals surface area (Å²) in [5.41, 5.74) is 0.520. The van der Waals surface area contributed by atoms with E-state index in [1.807, 2.05) is 30.3 Å². The van der Waals surface area contributed by atoms with Crippen LogP contribution in [0, 0.1) is 0 Å². The molecular weight excluding hydrogens is 456 g/mol. The van der Waals surface area contributed by atoms with Gasteiger partial charge in [-0.2, -0.15) is 4.31 Å². The zero-order valence-electron chi connectivity index (χ0n) is 19.0. The van der Waals surface area contributed by atoms with E-state index in [1.165, 1.54) is 24.6 Å². The van der Waals surface area contributed by atoms with Crippen molar-refractivity contribution in [2.75, 3.05) is 40.4 Å². The van der Waals surface area contributed by atoms with Gasteiger partial charge in [-0.25, -0.2) is 8.42 Å². The highest BCUT2D eigenvalue weighted by Crippen LogP contribution is 2.31. The normalized spacial score (nSPS) is 14.5. The molecule has 1 saturated heterocycles. The number of ether oxygens (including phenoxy) is 3. The average molecular weight is 483 g/mol. The molecule has 4 rings (SSSR count). The monoisotopic (exact) mass is 482 g/mol. The molecule has 0 spiro atoms. The van der Waals surface area contributed by atoms with Gasteiger partial charge in [0.2, 0.25) is 10.0 Å². The molecular formula is C25H26N2O6S. The van der Waals surface area contributed by atoms with Crippen LogP contribution in [0.2, 0.25) is 0 Å². The van der Waals surface area contributed by atoms with E-state index >= 15 is 0 Å². The van der Waals surface area contributed by atoms with Gasteiger partial charge in [-0.1, -0.05) is 18.2 Å². The Morgan fingerprint density at radius 2 is 1.38 bits per heavy atom. The van der Waals surface area contributed by atoms with Gasteiger partial charge in [0.15, 0.2) is 0 Å². The molecule has 1 fully saturated rings. The molecule has 0 radical (unpaired) electrons. The van der Waals surface area contributed by atoms with Gasteiger partial charge in [0.25, 0.3) is 5.91 Å². The van der Waals surface area contributed by atoms with Gasteiger partial charge in [-0.15, -0.1) is 0 Å². The van der Waals surface area contributed by atoms with Crippen molar-refractivity contribution >= 4 is 15.9 Å². The third-order valence-electron chi connectivity index (χ3n) is 5.59. The Kier molecular flexibility index (Phi) is 7.04. The molecule has 9 heteroatoms. The van der Waals surface area contributed by atoms with Gasteiger partial charge in [0, 0.05) is 37.8 Å². The molecule has 0 bridgehead atoms. The van der Waals surface area contributed by atoms with E-state index < -0.39 is 10.0 Å². The number of methoxy groups -OCH3 is 2. The molecule has 8 nitrogen and oxygen atoms in total. The lowest BCUT2D eigenvalue weighted by Gasteiger charge is -2.34. The van der Waals surface area contributed by atoms with Crippen LogP contribution in [-0.2, 0) is 10.0 Å². The molecule has 34 heavy (non-hydrogen) atoms. The number of piperazine rings is 1. The quantitative estimate of drug-likeness (QED) is 0.511. The Morgan fingerprint density at radius 1 is 0.765 bits per heavy atom. The summed E-state index contributed by atoms with van der Waals surface area (Å²) in [6, 6.07) is 21.0. The molecule has 3 aromatic rings. The lowest BCUT2D eigenvalue weighted by atomic mass is 10.2. The summed E-state index contributed by atoms with van der Waals surface area (Å²) in [6.07, 6.45) is 0. The minimum Gasteiger partial charge on any atom is -0.497 e. The zero-order chi connectivity index (χ0) is 24.1. The number of rotatable bonds is 7. The van der Waals surface area contributed by atoms with Crippen molar-refractivity contribution in [1.29, 1.82) is 0 Å². The summed E-state index contributed by atoms with van der Waals surface area (Å²) >= 11 is 0. The summed E-state index contributed by atoms with van der Waals surface area (Å²) in [4.78, 5) is 14.7. The number of para-hydroxylation sites is 1. The minimum absolute atomic E-state index is 0.0446. The Hall–Kier alpha value is -3.56. The van der Waals surface area contributed by atoms with E-state index in [1.54, 1.807) is 41.3 Å². The standard InChI is InChI=1S/C25H26N2O6S/c1-31-22-12-13-23(32-2)24(18-22)34(29,30)27-16-14-26(15-17-27)25(28)19-8-10-21(11-9-19)33-20-6-4-3-5-7-20/h3-13,18H,14-17H2,1-2H3. The van der Waals surface area contributed by atoms with Gasteiger partial charge in [-0.05, 0) is 48.5 Å². The summed E-state index contributed by atoms with van der Waals surface area (Å²) in [5, 5.41) is 0. The van der Waals surface area contributed by atoms with Crippen molar-refractivity contribution in [3.8, 4) is 23.0 Å². The van der Waals surface area contributed by atoms with E-state index in [9.17, 15) is 13.2 Å². The number of hydrogen-bond donors (Lipinski definition) is 0. The highest BCUT2D eigenvalue weighted by molar-refractivity contribution is 7.89. The van der Waals surface area contributed by atoms with Crippen molar-refractivity contribution in [3.05, 3.63) is 78.4 Å². The van der Waals surface area contributed by atoms with Crippen molar-refractivity contribution in [2.24, 2.45) is 0 Å². The topological polar surface area (TPSA) is 85.4 Å². The van der Waals surface area contributed by atoms with Crippen LogP contribution in [0.4, 0.5) is 0 Å². The predicted molar refractivity (Wildman–Crippen MR) is 127 cm³/mol. The van der Waals surface area contributed by atoms with E-state index in [4.69, 9.17) is 14.2 Å². The maximum absolute atomic E-state index is 13.2. The number of benzene rings is 3. The molecule has 1 aliphatic heterocycles. The Bertz CT molecular complexity index is 1240. The lowest BCUT2D eigenvalue weighted by molar-refractivity contribution is 0.0697. The minimum atomic E-state index is -3.81. The SMILES string of the molecule is COc1ccc(OC)c(S(=O)(=O)N2CCN(C(=O)c3ccc(Oc4ccccc4)cc3)CC2)c1. The van der Waals surface area contributed by atoms with Crippen LogP contribution in [0.25, 0.3) is 0 Å². The molecule has 0 aliphatic carbocycles. The van der Waals surface area contributed by atoms with E-state index in [-0.39, 0.29) is 42.7 Å². The Morgan fingerprint density at radius 3 is 2.00 bits per heavy atom. The first-order valence-electron chi connectivity index (χ1n) is 10.8. The molecule has 0 saturated carbocycles. The van der Waals surface area contributed by atoms with E-state index in [0.29, 0.717) is 22.8 Å². The molecule has 0 aromatic heterocycles. The molecule has 178 valence electrons. The molecule has 1 aliphatic rings. The van der Waals surface area contributed by atoms with Crippen LogP contribution in [0.1, 0.15) is 10.4 Å². The third kappa shape index (κ3) is 5.00. The van der Waals surface area contributed by atoms with Crippen LogP contribution in [0.15, 0.2) is 77.7 Å². The molecule has 3 aromatic carbocycles. The number of carbonyl (C=O) groups excluding carboxylic acids is 1. The second-order valence-corrected chi connectivity index (χ2v) is 9.56. The number of nitrogens with zero attached hydrogens (tertiary/aromatic N) is 2. The highest BCUT2D eigenvalue weighted by Gasteiger charge is 2.32. The van der Waals surface area contributed by atoms with Gasteiger partial charge in [-0.3, -0.25) is 4.79 Å². The number of carbonyl (C=O) groups is 1. The summed E-state index contributed by atoms with van der Waals surface area (Å²) < 4.78 is 44.0. The first-order chi connectivity index (χ1) is 16.4. The number of sulfonamides is 1. The smallest absolute Gasteiger partial charge is 0.253 e. The second kappa shape index (κ2) is 10.1. The third-order valence-corrected chi connectivity index (χ3v) is 7.51. The zero-order valence-corrected chi connectivity index (χ0v) is 19.8. The fraction of sp³-hybridized carbons (Fsp3) is 0.240. The van der Waals surface area contributed by atoms with Gasteiger partial charge in [0.1, 0.15) is 27.9 Å². The van der Waals surface area contributed by atoms with Crippen molar-refractivity contribution in [3.63, 3.8) is 0 Å². The molecule has 0 unspecified atom stereocenters. The molecule has 0 atom stereocenters. The van der Waals surface area contributed by atoms with Crippen LogP contribution in [0.3, 0.4) is 0 Å². The molecule has 1 heterocycles. The predicted octanol–water partition coefficient (Wildman–Crippen LogP) is 3.64. The van der Waals surface area contributed by atoms with Crippen LogP contribution >= 0.6 is 0 Å². The first kappa shape index (κ1) is 23.6. The maximum atomic E-state index is 13.2. The summed E-state index contributed by atoms with van der Waals surface area (Å²) in [6.45, 7) is 0.937. The first-order valence-corrected chi connectivity index (χ1v) is 12.2. The molecule has 1 amide bonds. The largest absolute Gasteiger partial charge is 0.497 e. The fourth-order valence-electron chi connectivity index (χ4n) is 3.73. The maximum Gasteiger partial charge on any atom is 0.253 e. The van der Waals surface area contributed by atoms with Crippen molar-refractivity contribution in [2.45, 2.75) is 4.90 Å². The lowest BCUT2D eigenvalue weighted by Crippen LogP contribution is -2.50. The van der Waals surface area contributed by atoms with Crippen molar-refractivity contribution in [1.82, 2.24) is 9.21 Å². The van der Waals surface area contributed by atoms with Gasteiger partial charge in [0.05, 0.1) is 14.2 Å².